The lowest BCUT2D eigenvalue weighted by Gasteiger charge is -2.36. The maximum Gasteiger partial charge on any atom is 0.308 e. The van der Waals surface area contributed by atoms with Gasteiger partial charge in [-0.3, -0.25) is 9.59 Å². The summed E-state index contributed by atoms with van der Waals surface area (Å²) in [4.78, 5) is 24.7. The van der Waals surface area contributed by atoms with Crippen molar-refractivity contribution in [2.24, 2.45) is 5.92 Å². The van der Waals surface area contributed by atoms with Gasteiger partial charge in [-0.25, -0.2) is 0 Å². The number of carbonyl (C=O) groups excluding carboxylic acids is 1. The first-order valence-corrected chi connectivity index (χ1v) is 5.68. The number of hydrogen-bond acceptors (Lipinski definition) is 3. The van der Waals surface area contributed by atoms with Crippen LogP contribution in [0, 0.1) is 5.92 Å². The van der Waals surface area contributed by atoms with Crippen LogP contribution in [0.1, 0.15) is 30.3 Å². The zero-order chi connectivity index (χ0) is 12.4. The van der Waals surface area contributed by atoms with E-state index in [4.69, 9.17) is 9.52 Å². The summed E-state index contributed by atoms with van der Waals surface area (Å²) in [5.41, 5.74) is 0. The third-order valence-corrected chi connectivity index (χ3v) is 3.30. The van der Waals surface area contributed by atoms with E-state index in [1.807, 2.05) is 0 Å². The second-order valence-electron chi connectivity index (χ2n) is 4.30. The van der Waals surface area contributed by atoms with Crippen LogP contribution < -0.4 is 0 Å². The van der Waals surface area contributed by atoms with Gasteiger partial charge in [-0.15, -0.1) is 0 Å². The molecule has 1 N–H and O–H groups in total. The molecule has 2 atom stereocenters. The Bertz CT molecular complexity index is 412. The van der Waals surface area contributed by atoms with E-state index in [1.165, 1.54) is 6.26 Å². The van der Waals surface area contributed by atoms with Gasteiger partial charge in [0.05, 0.1) is 12.2 Å². The van der Waals surface area contributed by atoms with Gasteiger partial charge in [-0.2, -0.15) is 0 Å². The molecule has 1 saturated heterocycles. The summed E-state index contributed by atoms with van der Waals surface area (Å²) in [5, 5.41) is 9.08. The van der Waals surface area contributed by atoms with E-state index in [1.54, 1.807) is 24.0 Å². The molecule has 1 fully saturated rings. The lowest BCUT2D eigenvalue weighted by Crippen LogP contribution is -2.49. The van der Waals surface area contributed by atoms with Crippen molar-refractivity contribution in [3.05, 3.63) is 24.2 Å². The quantitative estimate of drug-likeness (QED) is 0.848. The van der Waals surface area contributed by atoms with Crippen LogP contribution >= 0.6 is 0 Å². The molecule has 0 radical (unpaired) electrons. The number of likely N-dealkylation sites (tertiary alicyclic amines) is 1. The Labute approximate surface area is 99.0 Å². The molecule has 0 unspecified atom stereocenters. The minimum Gasteiger partial charge on any atom is -0.481 e. The number of amides is 1. The average molecular weight is 237 g/mol. The van der Waals surface area contributed by atoms with E-state index in [-0.39, 0.29) is 17.7 Å². The van der Waals surface area contributed by atoms with Crippen molar-refractivity contribution in [2.45, 2.75) is 25.8 Å². The largest absolute Gasteiger partial charge is 0.481 e. The van der Waals surface area contributed by atoms with Crippen LogP contribution in [0.15, 0.2) is 22.8 Å². The Morgan fingerprint density at radius 3 is 2.88 bits per heavy atom. The van der Waals surface area contributed by atoms with Crippen LogP contribution in [-0.4, -0.2) is 34.5 Å². The SMILES string of the molecule is C[C@@H]1[C@H](C(=O)O)CCCN1C(=O)c1ccco1. The fraction of sp³-hybridized carbons (Fsp3) is 0.500. The highest BCUT2D eigenvalue weighted by molar-refractivity contribution is 5.92. The number of carboxylic acids is 1. The van der Waals surface area contributed by atoms with Gasteiger partial charge >= 0.3 is 5.97 Å². The first-order valence-electron chi connectivity index (χ1n) is 5.68. The number of piperidine rings is 1. The van der Waals surface area contributed by atoms with E-state index < -0.39 is 11.9 Å². The summed E-state index contributed by atoms with van der Waals surface area (Å²) in [5.74, 6) is -1.28. The monoisotopic (exact) mass is 237 g/mol. The van der Waals surface area contributed by atoms with Crippen LogP contribution in [0.25, 0.3) is 0 Å². The lowest BCUT2D eigenvalue weighted by atomic mass is 9.90. The molecule has 5 nitrogen and oxygen atoms in total. The highest BCUT2D eigenvalue weighted by Gasteiger charge is 2.36. The molecular weight excluding hydrogens is 222 g/mol. The number of rotatable bonds is 2. The number of nitrogens with zero attached hydrogens (tertiary/aromatic N) is 1. The zero-order valence-electron chi connectivity index (χ0n) is 9.63. The molecule has 1 aliphatic heterocycles. The van der Waals surface area contributed by atoms with Gasteiger partial charge in [0.15, 0.2) is 5.76 Å². The fourth-order valence-corrected chi connectivity index (χ4v) is 2.30. The number of furan rings is 1. The highest BCUT2D eigenvalue weighted by atomic mass is 16.4. The highest BCUT2D eigenvalue weighted by Crippen LogP contribution is 2.25. The van der Waals surface area contributed by atoms with Gasteiger partial charge in [-0.1, -0.05) is 0 Å². The summed E-state index contributed by atoms with van der Waals surface area (Å²) in [6.07, 6.45) is 2.78. The number of carbonyl (C=O) groups is 2. The van der Waals surface area contributed by atoms with Gasteiger partial charge in [0.2, 0.25) is 0 Å². The molecule has 17 heavy (non-hydrogen) atoms. The van der Waals surface area contributed by atoms with Crippen LogP contribution in [0.4, 0.5) is 0 Å². The summed E-state index contributed by atoms with van der Waals surface area (Å²) >= 11 is 0. The molecule has 1 aromatic heterocycles. The molecule has 1 aromatic rings. The fourth-order valence-electron chi connectivity index (χ4n) is 2.30. The van der Waals surface area contributed by atoms with Crippen molar-refractivity contribution in [3.8, 4) is 0 Å². The Kier molecular flexibility index (Phi) is 3.17. The lowest BCUT2D eigenvalue weighted by molar-refractivity contribution is -0.145. The van der Waals surface area contributed by atoms with Crippen LogP contribution in [0.2, 0.25) is 0 Å². The molecule has 0 saturated carbocycles. The zero-order valence-corrected chi connectivity index (χ0v) is 9.63. The van der Waals surface area contributed by atoms with Gasteiger partial charge in [0, 0.05) is 12.6 Å². The Morgan fingerprint density at radius 2 is 2.29 bits per heavy atom. The summed E-state index contributed by atoms with van der Waals surface area (Å²) < 4.78 is 5.05. The standard InChI is InChI=1S/C12H15NO4/c1-8-9(12(15)16)4-2-6-13(8)11(14)10-5-3-7-17-10/h3,5,7-9H,2,4,6H2,1H3,(H,15,16)/t8-,9-/m1/s1. The Morgan fingerprint density at radius 1 is 1.53 bits per heavy atom. The van der Waals surface area contributed by atoms with Crippen molar-refractivity contribution < 1.29 is 19.1 Å². The van der Waals surface area contributed by atoms with E-state index in [2.05, 4.69) is 0 Å². The summed E-state index contributed by atoms with van der Waals surface area (Å²) in [7, 11) is 0. The van der Waals surface area contributed by atoms with Gasteiger partial charge in [-0.05, 0) is 31.9 Å². The first-order chi connectivity index (χ1) is 8.11. The van der Waals surface area contributed by atoms with E-state index >= 15 is 0 Å². The third kappa shape index (κ3) is 2.18. The van der Waals surface area contributed by atoms with Crippen LogP contribution in [0.5, 0.6) is 0 Å². The molecule has 2 rings (SSSR count). The number of carboxylic acid groups (broad SMARTS) is 1. The maximum atomic E-state index is 12.1. The van der Waals surface area contributed by atoms with Crippen molar-refractivity contribution in [1.29, 1.82) is 0 Å². The molecule has 0 aliphatic carbocycles. The molecule has 0 bridgehead atoms. The van der Waals surface area contributed by atoms with Crippen molar-refractivity contribution in [3.63, 3.8) is 0 Å². The normalized spacial score (nSPS) is 24.6. The molecule has 92 valence electrons. The number of aliphatic carboxylic acids is 1. The Hall–Kier alpha value is -1.78. The topological polar surface area (TPSA) is 70.8 Å². The predicted molar refractivity (Wildman–Crippen MR) is 59.6 cm³/mol. The molecule has 2 heterocycles. The van der Waals surface area contributed by atoms with Crippen LogP contribution in [-0.2, 0) is 4.79 Å². The maximum absolute atomic E-state index is 12.1. The Balaban J connectivity index is 2.15. The minimum atomic E-state index is -0.838. The van der Waals surface area contributed by atoms with E-state index in [0.29, 0.717) is 19.4 Å². The second kappa shape index (κ2) is 4.61. The van der Waals surface area contributed by atoms with Gasteiger partial charge < -0.3 is 14.4 Å². The molecule has 0 aromatic carbocycles. The van der Waals surface area contributed by atoms with E-state index in [9.17, 15) is 9.59 Å². The predicted octanol–water partition coefficient (Wildman–Crippen LogP) is 1.60. The average Bonchev–Trinajstić information content (AvgIpc) is 2.81. The van der Waals surface area contributed by atoms with Crippen molar-refractivity contribution >= 4 is 11.9 Å². The number of hydrogen-bond donors (Lipinski definition) is 1. The smallest absolute Gasteiger partial charge is 0.308 e. The molecule has 5 heteroatoms. The molecular formula is C12H15NO4. The third-order valence-electron chi connectivity index (χ3n) is 3.30. The summed E-state index contributed by atoms with van der Waals surface area (Å²) in [6.45, 7) is 2.36. The molecule has 1 aliphatic rings. The minimum absolute atomic E-state index is 0.228. The summed E-state index contributed by atoms with van der Waals surface area (Å²) in [6, 6.07) is 2.95. The molecule has 1 amide bonds. The van der Waals surface area contributed by atoms with Crippen molar-refractivity contribution in [2.75, 3.05) is 6.54 Å². The molecule has 0 spiro atoms. The second-order valence-corrected chi connectivity index (χ2v) is 4.30. The van der Waals surface area contributed by atoms with Crippen LogP contribution in [0.3, 0.4) is 0 Å². The first kappa shape index (κ1) is 11.7. The van der Waals surface area contributed by atoms with E-state index in [0.717, 1.165) is 0 Å². The van der Waals surface area contributed by atoms with Gasteiger partial charge in [0.1, 0.15) is 0 Å². The van der Waals surface area contributed by atoms with Gasteiger partial charge in [0.25, 0.3) is 5.91 Å². The van der Waals surface area contributed by atoms with Crippen molar-refractivity contribution in [1.82, 2.24) is 4.90 Å².